The van der Waals surface area contributed by atoms with Gasteiger partial charge in [0.25, 0.3) is 0 Å². The van der Waals surface area contributed by atoms with Crippen molar-refractivity contribution in [3.05, 3.63) is 0 Å². The Morgan fingerprint density at radius 2 is 1.43 bits per heavy atom. The van der Waals surface area contributed by atoms with Gasteiger partial charge in [-0.25, -0.2) is 0 Å². The number of methoxy groups -OCH3 is 2. The quantitative estimate of drug-likeness (QED) is 0.523. The van der Waals surface area contributed by atoms with Gasteiger partial charge in [-0.3, -0.25) is 0 Å². The number of aliphatic hydroxyl groups excluding tert-OH is 1. The van der Waals surface area contributed by atoms with Crippen molar-refractivity contribution in [2.75, 3.05) is 53.7 Å². The Kier molecular flexibility index (Phi) is 10.8. The van der Waals surface area contributed by atoms with Crippen molar-refractivity contribution >= 4 is 0 Å². The third kappa shape index (κ3) is 8.44. The smallest absolute Gasteiger partial charge is 0.0558 e. The van der Waals surface area contributed by atoms with E-state index in [1.807, 2.05) is 0 Å². The second-order valence-corrected chi connectivity index (χ2v) is 3.26. The van der Waals surface area contributed by atoms with E-state index in [1.165, 1.54) is 0 Å². The molecule has 0 amide bonds. The van der Waals surface area contributed by atoms with Crippen LogP contribution in [0.25, 0.3) is 0 Å². The summed E-state index contributed by atoms with van der Waals surface area (Å²) in [6.45, 7) is 4.50. The minimum absolute atomic E-state index is 0.222. The van der Waals surface area contributed by atoms with Crippen LogP contribution in [0, 0.1) is 0 Å². The molecule has 0 heterocycles. The summed E-state index contributed by atoms with van der Waals surface area (Å²) in [6.07, 6.45) is 2.03. The maximum absolute atomic E-state index is 8.85. The van der Waals surface area contributed by atoms with Gasteiger partial charge in [0.1, 0.15) is 0 Å². The van der Waals surface area contributed by atoms with Gasteiger partial charge in [-0.1, -0.05) is 0 Å². The van der Waals surface area contributed by atoms with Gasteiger partial charge in [0.2, 0.25) is 0 Å². The Labute approximate surface area is 86.8 Å². The van der Waals surface area contributed by atoms with Crippen molar-refractivity contribution < 1.29 is 14.6 Å². The summed E-state index contributed by atoms with van der Waals surface area (Å²) in [6, 6.07) is 0. The van der Waals surface area contributed by atoms with E-state index in [0.29, 0.717) is 0 Å². The highest BCUT2D eigenvalue weighted by atomic mass is 16.5. The highest BCUT2D eigenvalue weighted by Crippen LogP contribution is 1.94. The second kappa shape index (κ2) is 10.9. The number of rotatable bonds is 10. The molecule has 0 aliphatic rings. The minimum atomic E-state index is 0.222. The van der Waals surface area contributed by atoms with Crippen LogP contribution in [0.5, 0.6) is 0 Å². The Bertz CT molecular complexity index is 102. The molecule has 0 radical (unpaired) electrons. The Balaban J connectivity index is 3.44. The van der Waals surface area contributed by atoms with Gasteiger partial charge in [0, 0.05) is 47.1 Å². The summed E-state index contributed by atoms with van der Waals surface area (Å²) < 4.78 is 9.96. The fourth-order valence-electron chi connectivity index (χ4n) is 1.34. The lowest BCUT2D eigenvalue weighted by molar-refractivity contribution is 0.138. The van der Waals surface area contributed by atoms with E-state index in [0.717, 1.165) is 45.7 Å². The third-order valence-electron chi connectivity index (χ3n) is 2.06. The van der Waals surface area contributed by atoms with Gasteiger partial charge in [-0.15, -0.1) is 0 Å². The molecule has 0 bridgehead atoms. The molecule has 0 fully saturated rings. The summed E-state index contributed by atoms with van der Waals surface area (Å²) in [5.41, 5.74) is 0. The average Bonchev–Trinajstić information content (AvgIpc) is 2.18. The number of hydrogen-bond donors (Lipinski definition) is 1. The standard InChI is InChI=1S/C10H23NO3/c1-13-9-3-5-11(7-8-12)6-4-10-14-2/h12H,3-10H2,1-2H3. The van der Waals surface area contributed by atoms with Crippen LogP contribution >= 0.6 is 0 Å². The first kappa shape index (κ1) is 13.8. The van der Waals surface area contributed by atoms with E-state index in [1.54, 1.807) is 14.2 Å². The molecular weight excluding hydrogens is 182 g/mol. The first-order valence-corrected chi connectivity index (χ1v) is 5.16. The fourth-order valence-corrected chi connectivity index (χ4v) is 1.34. The lowest BCUT2D eigenvalue weighted by Crippen LogP contribution is -2.30. The fraction of sp³-hybridized carbons (Fsp3) is 1.00. The van der Waals surface area contributed by atoms with Gasteiger partial charge in [-0.05, 0) is 12.8 Å². The first-order chi connectivity index (χ1) is 6.85. The Hall–Kier alpha value is -0.160. The molecule has 0 aliphatic heterocycles. The number of hydrogen-bond acceptors (Lipinski definition) is 4. The molecule has 0 spiro atoms. The zero-order chi connectivity index (χ0) is 10.6. The van der Waals surface area contributed by atoms with Crippen molar-refractivity contribution in [1.82, 2.24) is 4.90 Å². The van der Waals surface area contributed by atoms with Crippen LogP contribution in [0.2, 0.25) is 0 Å². The van der Waals surface area contributed by atoms with Crippen LogP contribution in [-0.2, 0) is 9.47 Å². The molecule has 4 nitrogen and oxygen atoms in total. The Morgan fingerprint density at radius 1 is 0.929 bits per heavy atom. The topological polar surface area (TPSA) is 41.9 Å². The van der Waals surface area contributed by atoms with Gasteiger partial charge in [-0.2, -0.15) is 0 Å². The summed E-state index contributed by atoms with van der Waals surface area (Å²) >= 11 is 0. The highest BCUT2D eigenvalue weighted by Gasteiger charge is 2.02. The van der Waals surface area contributed by atoms with E-state index in [-0.39, 0.29) is 6.61 Å². The molecule has 14 heavy (non-hydrogen) atoms. The lowest BCUT2D eigenvalue weighted by atomic mass is 10.3. The molecule has 0 rings (SSSR count). The highest BCUT2D eigenvalue weighted by molar-refractivity contribution is 4.57. The predicted molar refractivity (Wildman–Crippen MR) is 56.5 cm³/mol. The van der Waals surface area contributed by atoms with Crippen LogP contribution in [-0.4, -0.2) is 63.7 Å². The normalized spacial score (nSPS) is 11.1. The average molecular weight is 205 g/mol. The molecule has 0 saturated heterocycles. The zero-order valence-corrected chi connectivity index (χ0v) is 9.37. The van der Waals surface area contributed by atoms with Crippen LogP contribution in [0.3, 0.4) is 0 Å². The van der Waals surface area contributed by atoms with Crippen molar-refractivity contribution in [2.24, 2.45) is 0 Å². The summed E-state index contributed by atoms with van der Waals surface area (Å²) in [7, 11) is 3.42. The first-order valence-electron chi connectivity index (χ1n) is 5.16. The monoisotopic (exact) mass is 205 g/mol. The predicted octanol–water partition coefficient (Wildman–Crippen LogP) is 0.354. The molecule has 0 saturated carbocycles. The molecule has 0 aromatic heterocycles. The number of ether oxygens (including phenoxy) is 2. The van der Waals surface area contributed by atoms with E-state index in [9.17, 15) is 0 Å². The molecule has 1 N–H and O–H groups in total. The van der Waals surface area contributed by atoms with E-state index in [4.69, 9.17) is 14.6 Å². The summed E-state index contributed by atoms with van der Waals surface area (Å²) in [4.78, 5) is 2.23. The van der Waals surface area contributed by atoms with E-state index in [2.05, 4.69) is 4.90 Å². The van der Waals surface area contributed by atoms with Crippen LogP contribution < -0.4 is 0 Å². The summed E-state index contributed by atoms with van der Waals surface area (Å²) in [5.74, 6) is 0. The van der Waals surface area contributed by atoms with Gasteiger partial charge in [0.15, 0.2) is 0 Å². The van der Waals surface area contributed by atoms with Gasteiger partial charge in [0.05, 0.1) is 6.61 Å². The SMILES string of the molecule is COCCCN(CCO)CCCOC. The van der Waals surface area contributed by atoms with Crippen molar-refractivity contribution in [3.8, 4) is 0 Å². The maximum atomic E-state index is 8.85. The molecule has 0 aromatic carbocycles. The molecule has 4 heteroatoms. The Morgan fingerprint density at radius 3 is 1.79 bits per heavy atom. The van der Waals surface area contributed by atoms with Crippen LogP contribution in [0.15, 0.2) is 0 Å². The number of nitrogens with zero attached hydrogens (tertiary/aromatic N) is 1. The van der Waals surface area contributed by atoms with Gasteiger partial charge < -0.3 is 19.5 Å². The largest absolute Gasteiger partial charge is 0.395 e. The van der Waals surface area contributed by atoms with Crippen molar-refractivity contribution in [1.29, 1.82) is 0 Å². The van der Waals surface area contributed by atoms with Gasteiger partial charge >= 0.3 is 0 Å². The van der Waals surface area contributed by atoms with Crippen LogP contribution in [0.4, 0.5) is 0 Å². The molecule has 0 aliphatic carbocycles. The van der Waals surface area contributed by atoms with E-state index >= 15 is 0 Å². The third-order valence-corrected chi connectivity index (χ3v) is 2.06. The minimum Gasteiger partial charge on any atom is -0.395 e. The van der Waals surface area contributed by atoms with Crippen LogP contribution in [0.1, 0.15) is 12.8 Å². The maximum Gasteiger partial charge on any atom is 0.0558 e. The number of aliphatic hydroxyl groups is 1. The molecule has 86 valence electrons. The lowest BCUT2D eigenvalue weighted by Gasteiger charge is -2.20. The molecule has 0 atom stereocenters. The van der Waals surface area contributed by atoms with Crippen molar-refractivity contribution in [2.45, 2.75) is 12.8 Å². The zero-order valence-electron chi connectivity index (χ0n) is 9.37. The van der Waals surface area contributed by atoms with E-state index < -0.39 is 0 Å². The summed E-state index contributed by atoms with van der Waals surface area (Å²) in [5, 5.41) is 8.85. The molecule has 0 aromatic rings. The van der Waals surface area contributed by atoms with Crippen molar-refractivity contribution in [3.63, 3.8) is 0 Å². The second-order valence-electron chi connectivity index (χ2n) is 3.26. The molecular formula is C10H23NO3. The molecule has 0 unspecified atom stereocenters.